The highest BCUT2D eigenvalue weighted by Crippen LogP contribution is 2.22. The van der Waals surface area contributed by atoms with E-state index >= 15 is 0 Å². The van der Waals surface area contributed by atoms with Crippen molar-refractivity contribution in [3.63, 3.8) is 0 Å². The molecule has 1 aliphatic rings. The number of aromatic nitrogens is 2. The molecule has 0 aliphatic heterocycles. The Bertz CT molecular complexity index is 708. The van der Waals surface area contributed by atoms with Gasteiger partial charge in [0.15, 0.2) is 0 Å². The lowest BCUT2D eigenvalue weighted by atomic mass is 10.1. The van der Waals surface area contributed by atoms with Crippen molar-refractivity contribution < 1.29 is 4.79 Å². The first-order chi connectivity index (χ1) is 11.1. The molecular weight excluding hydrogens is 288 g/mol. The molecular formula is C18H22N4O. The van der Waals surface area contributed by atoms with Crippen molar-refractivity contribution in [3.05, 3.63) is 47.4 Å². The van der Waals surface area contributed by atoms with E-state index in [1.807, 2.05) is 32.0 Å². The van der Waals surface area contributed by atoms with Crippen LogP contribution in [0.25, 0.3) is 0 Å². The van der Waals surface area contributed by atoms with Gasteiger partial charge in [-0.05, 0) is 43.9 Å². The van der Waals surface area contributed by atoms with Crippen molar-refractivity contribution in [1.29, 1.82) is 0 Å². The first-order valence-electron chi connectivity index (χ1n) is 8.09. The minimum absolute atomic E-state index is 0.212. The molecule has 3 rings (SSSR count). The van der Waals surface area contributed by atoms with E-state index in [4.69, 9.17) is 0 Å². The summed E-state index contributed by atoms with van der Waals surface area (Å²) in [4.78, 5) is 20.8. The number of aryl methyl sites for hydroxylation is 2. The maximum Gasteiger partial charge on any atom is 0.274 e. The zero-order valence-electron chi connectivity index (χ0n) is 13.6. The van der Waals surface area contributed by atoms with E-state index in [1.54, 1.807) is 6.07 Å². The quantitative estimate of drug-likeness (QED) is 0.903. The normalized spacial score (nSPS) is 14.7. The summed E-state index contributed by atoms with van der Waals surface area (Å²) in [6.07, 6.45) is 6.27. The summed E-state index contributed by atoms with van der Waals surface area (Å²) in [5, 5.41) is 6.32. The van der Waals surface area contributed by atoms with Gasteiger partial charge in [0.05, 0.1) is 0 Å². The average molecular weight is 310 g/mol. The van der Waals surface area contributed by atoms with Gasteiger partial charge in [-0.3, -0.25) is 4.79 Å². The lowest BCUT2D eigenvalue weighted by molar-refractivity contribution is 0.102. The minimum Gasteiger partial charge on any atom is -0.367 e. The maximum atomic E-state index is 12.4. The highest BCUT2D eigenvalue weighted by atomic mass is 16.1. The number of carbonyl (C=O) groups is 1. The molecule has 1 amide bonds. The number of carbonyl (C=O) groups excluding carboxylic acids is 1. The molecule has 23 heavy (non-hydrogen) atoms. The molecule has 120 valence electrons. The van der Waals surface area contributed by atoms with Crippen LogP contribution in [0, 0.1) is 13.8 Å². The molecule has 5 heteroatoms. The van der Waals surface area contributed by atoms with Crippen molar-refractivity contribution in [2.75, 3.05) is 10.6 Å². The van der Waals surface area contributed by atoms with Gasteiger partial charge in [0.1, 0.15) is 17.8 Å². The minimum atomic E-state index is -0.212. The summed E-state index contributed by atoms with van der Waals surface area (Å²) in [5.41, 5.74) is 3.33. The molecule has 1 aliphatic carbocycles. The largest absolute Gasteiger partial charge is 0.367 e. The van der Waals surface area contributed by atoms with Gasteiger partial charge in [-0.1, -0.05) is 25.0 Å². The van der Waals surface area contributed by atoms with Crippen molar-refractivity contribution >= 4 is 17.4 Å². The molecule has 0 saturated heterocycles. The van der Waals surface area contributed by atoms with Gasteiger partial charge in [-0.2, -0.15) is 0 Å². The lowest BCUT2D eigenvalue weighted by Crippen LogP contribution is -2.18. The Balaban J connectivity index is 1.72. The average Bonchev–Trinajstić information content (AvgIpc) is 3.04. The van der Waals surface area contributed by atoms with Crippen molar-refractivity contribution in [2.45, 2.75) is 45.6 Å². The highest BCUT2D eigenvalue weighted by molar-refractivity contribution is 6.03. The van der Waals surface area contributed by atoms with Crippen LogP contribution >= 0.6 is 0 Å². The molecule has 1 saturated carbocycles. The Labute approximate surface area is 136 Å². The van der Waals surface area contributed by atoms with E-state index in [9.17, 15) is 4.79 Å². The van der Waals surface area contributed by atoms with E-state index in [0.29, 0.717) is 11.7 Å². The molecule has 0 radical (unpaired) electrons. The Kier molecular flexibility index (Phi) is 4.55. The van der Waals surface area contributed by atoms with Gasteiger partial charge in [0.2, 0.25) is 0 Å². The smallest absolute Gasteiger partial charge is 0.274 e. The van der Waals surface area contributed by atoms with E-state index in [2.05, 4.69) is 20.6 Å². The number of benzene rings is 1. The van der Waals surface area contributed by atoms with E-state index in [-0.39, 0.29) is 5.91 Å². The fourth-order valence-corrected chi connectivity index (χ4v) is 2.90. The van der Waals surface area contributed by atoms with Gasteiger partial charge in [0.25, 0.3) is 5.91 Å². The van der Waals surface area contributed by atoms with Crippen LogP contribution in [0.15, 0.2) is 30.6 Å². The number of hydrogen-bond acceptors (Lipinski definition) is 4. The molecule has 2 N–H and O–H groups in total. The van der Waals surface area contributed by atoms with Gasteiger partial charge in [0, 0.05) is 17.8 Å². The molecule has 1 aromatic heterocycles. The number of rotatable bonds is 4. The van der Waals surface area contributed by atoms with Crippen LogP contribution in [0.1, 0.15) is 47.3 Å². The van der Waals surface area contributed by atoms with Crippen LogP contribution in [0.4, 0.5) is 11.5 Å². The zero-order chi connectivity index (χ0) is 16.2. The molecule has 2 aromatic rings. The number of hydrogen-bond donors (Lipinski definition) is 2. The summed E-state index contributed by atoms with van der Waals surface area (Å²) in [7, 11) is 0. The highest BCUT2D eigenvalue weighted by Gasteiger charge is 2.16. The van der Waals surface area contributed by atoms with E-state index in [0.717, 1.165) is 35.5 Å². The second-order valence-electron chi connectivity index (χ2n) is 6.19. The Morgan fingerprint density at radius 2 is 1.91 bits per heavy atom. The number of amides is 1. The van der Waals surface area contributed by atoms with Crippen LogP contribution < -0.4 is 10.6 Å². The molecule has 0 atom stereocenters. The lowest BCUT2D eigenvalue weighted by Gasteiger charge is -2.13. The first-order valence-corrected chi connectivity index (χ1v) is 8.09. The van der Waals surface area contributed by atoms with Crippen LogP contribution in [0.2, 0.25) is 0 Å². The Morgan fingerprint density at radius 3 is 2.70 bits per heavy atom. The Hall–Kier alpha value is -2.43. The van der Waals surface area contributed by atoms with Crippen LogP contribution in [0.5, 0.6) is 0 Å². The third-order valence-electron chi connectivity index (χ3n) is 4.25. The van der Waals surface area contributed by atoms with Crippen molar-refractivity contribution in [2.24, 2.45) is 0 Å². The predicted octanol–water partition coefficient (Wildman–Crippen LogP) is 3.70. The zero-order valence-corrected chi connectivity index (χ0v) is 13.6. The van der Waals surface area contributed by atoms with Crippen molar-refractivity contribution in [3.8, 4) is 0 Å². The molecule has 1 fully saturated rings. The number of anilines is 2. The fourth-order valence-electron chi connectivity index (χ4n) is 2.90. The molecule has 5 nitrogen and oxygen atoms in total. The standard InChI is InChI=1S/C18H22N4O/c1-12-7-8-13(2)15(9-12)22-18(23)16-10-17(20-11-19-16)21-14-5-3-4-6-14/h7-11,14H,3-6H2,1-2H3,(H,22,23)(H,19,20,21). The van der Waals surface area contributed by atoms with Crippen molar-refractivity contribution in [1.82, 2.24) is 9.97 Å². The molecule has 0 bridgehead atoms. The monoisotopic (exact) mass is 310 g/mol. The maximum absolute atomic E-state index is 12.4. The third kappa shape index (κ3) is 3.86. The summed E-state index contributed by atoms with van der Waals surface area (Å²) < 4.78 is 0. The van der Waals surface area contributed by atoms with Crippen LogP contribution in [-0.4, -0.2) is 21.9 Å². The summed E-state index contributed by atoms with van der Waals surface area (Å²) in [5.74, 6) is 0.508. The molecule has 1 aromatic carbocycles. The van der Waals surface area contributed by atoms with Gasteiger partial charge in [-0.25, -0.2) is 9.97 Å². The second kappa shape index (κ2) is 6.77. The van der Waals surface area contributed by atoms with E-state index < -0.39 is 0 Å². The molecule has 1 heterocycles. The number of nitrogens with zero attached hydrogens (tertiary/aromatic N) is 2. The van der Waals surface area contributed by atoms with Crippen LogP contribution in [0.3, 0.4) is 0 Å². The summed E-state index contributed by atoms with van der Waals surface area (Å²) in [6, 6.07) is 8.17. The van der Waals surface area contributed by atoms with Crippen LogP contribution in [-0.2, 0) is 0 Å². The predicted molar refractivity (Wildman–Crippen MR) is 91.8 cm³/mol. The Morgan fingerprint density at radius 1 is 1.13 bits per heavy atom. The summed E-state index contributed by atoms with van der Waals surface area (Å²) >= 11 is 0. The van der Waals surface area contributed by atoms with E-state index in [1.165, 1.54) is 19.2 Å². The van der Waals surface area contributed by atoms with Gasteiger partial charge >= 0.3 is 0 Å². The van der Waals surface area contributed by atoms with Gasteiger partial charge < -0.3 is 10.6 Å². The second-order valence-corrected chi connectivity index (χ2v) is 6.19. The molecule has 0 unspecified atom stereocenters. The third-order valence-corrected chi connectivity index (χ3v) is 4.25. The fraction of sp³-hybridized carbons (Fsp3) is 0.389. The molecule has 0 spiro atoms. The van der Waals surface area contributed by atoms with Gasteiger partial charge in [-0.15, -0.1) is 0 Å². The SMILES string of the molecule is Cc1ccc(C)c(NC(=O)c2cc(NC3CCCC3)ncn2)c1. The first kappa shape index (κ1) is 15.5. The summed E-state index contributed by atoms with van der Waals surface area (Å²) in [6.45, 7) is 3.98. The number of nitrogens with one attached hydrogen (secondary N) is 2. The topological polar surface area (TPSA) is 66.9 Å².